The van der Waals surface area contributed by atoms with Gasteiger partial charge in [-0.05, 0) is 32.5 Å². The lowest BCUT2D eigenvalue weighted by atomic mass is 10.1. The number of likely N-dealkylation sites (N-methyl/N-ethyl adjacent to an activating group) is 1. The van der Waals surface area contributed by atoms with E-state index in [2.05, 4.69) is 37.3 Å². The summed E-state index contributed by atoms with van der Waals surface area (Å²) in [6.07, 6.45) is 2.91. The van der Waals surface area contributed by atoms with Gasteiger partial charge in [-0.2, -0.15) is 5.10 Å². The van der Waals surface area contributed by atoms with Crippen LogP contribution in [0.25, 0.3) is 0 Å². The smallest absolute Gasteiger partial charge is 0.220 e. The number of carbonyl (C=O) groups is 1. The van der Waals surface area contributed by atoms with Gasteiger partial charge in [-0.3, -0.25) is 9.89 Å². The van der Waals surface area contributed by atoms with Crippen LogP contribution in [-0.4, -0.2) is 59.2 Å². The Morgan fingerprint density at radius 3 is 2.73 bits per heavy atom. The number of pyridine rings is 1. The molecule has 7 heteroatoms. The number of carbonyl (C=O) groups excluding carboxylic acids is 1. The molecule has 0 aliphatic carbocycles. The molecule has 1 aliphatic heterocycles. The van der Waals surface area contributed by atoms with Gasteiger partial charge in [-0.1, -0.05) is 6.07 Å². The number of anilines is 1. The lowest BCUT2D eigenvalue weighted by Crippen LogP contribution is -2.45. The summed E-state index contributed by atoms with van der Waals surface area (Å²) in [6, 6.07) is 3.97. The first kappa shape index (κ1) is 18.4. The molecule has 0 aromatic carbocycles. The molecule has 0 unspecified atom stereocenters. The molecule has 140 valence electrons. The van der Waals surface area contributed by atoms with Crippen LogP contribution >= 0.6 is 0 Å². The Kier molecular flexibility index (Phi) is 5.88. The van der Waals surface area contributed by atoms with Gasteiger partial charge in [0.1, 0.15) is 5.82 Å². The quantitative estimate of drug-likeness (QED) is 0.819. The highest BCUT2D eigenvalue weighted by atomic mass is 16.1. The first-order valence-corrected chi connectivity index (χ1v) is 9.19. The Labute approximate surface area is 154 Å². The predicted octanol–water partition coefficient (Wildman–Crippen LogP) is 1.42. The van der Waals surface area contributed by atoms with E-state index in [4.69, 9.17) is 0 Å². The molecule has 1 saturated heterocycles. The van der Waals surface area contributed by atoms with Gasteiger partial charge >= 0.3 is 0 Å². The third kappa shape index (κ3) is 4.40. The number of hydrogen-bond acceptors (Lipinski definition) is 5. The van der Waals surface area contributed by atoms with Crippen LogP contribution in [0.3, 0.4) is 0 Å². The molecule has 26 heavy (non-hydrogen) atoms. The molecule has 2 aromatic heterocycles. The molecule has 1 aliphatic rings. The number of nitrogens with one attached hydrogen (secondary N) is 2. The van der Waals surface area contributed by atoms with E-state index in [1.807, 2.05) is 32.2 Å². The molecule has 3 rings (SSSR count). The van der Waals surface area contributed by atoms with Crippen molar-refractivity contribution < 1.29 is 4.79 Å². The number of aromatic nitrogens is 3. The van der Waals surface area contributed by atoms with E-state index in [1.165, 1.54) is 0 Å². The zero-order chi connectivity index (χ0) is 18.5. The van der Waals surface area contributed by atoms with Crippen molar-refractivity contribution in [1.82, 2.24) is 25.4 Å². The number of nitrogens with zero attached hydrogens (tertiary/aromatic N) is 4. The van der Waals surface area contributed by atoms with Crippen molar-refractivity contribution in [3.05, 3.63) is 40.8 Å². The third-order valence-electron chi connectivity index (χ3n) is 5.09. The second kappa shape index (κ2) is 8.31. The monoisotopic (exact) mass is 356 g/mol. The van der Waals surface area contributed by atoms with Crippen molar-refractivity contribution in [3.8, 4) is 0 Å². The Bertz CT molecular complexity index is 748. The van der Waals surface area contributed by atoms with E-state index in [0.29, 0.717) is 19.4 Å². The summed E-state index contributed by atoms with van der Waals surface area (Å²) < 4.78 is 0. The molecule has 0 bridgehead atoms. The van der Waals surface area contributed by atoms with Gasteiger partial charge in [0, 0.05) is 63.0 Å². The highest BCUT2D eigenvalue weighted by Gasteiger charge is 2.18. The Balaban J connectivity index is 1.54. The molecule has 7 nitrogen and oxygen atoms in total. The predicted molar refractivity (Wildman–Crippen MR) is 102 cm³/mol. The fourth-order valence-electron chi connectivity index (χ4n) is 3.16. The van der Waals surface area contributed by atoms with Crippen molar-refractivity contribution in [1.29, 1.82) is 0 Å². The largest absolute Gasteiger partial charge is 0.354 e. The van der Waals surface area contributed by atoms with E-state index < -0.39 is 0 Å². The van der Waals surface area contributed by atoms with Crippen LogP contribution < -0.4 is 10.2 Å². The van der Waals surface area contributed by atoms with Gasteiger partial charge in [-0.25, -0.2) is 4.98 Å². The van der Waals surface area contributed by atoms with Crippen molar-refractivity contribution in [2.24, 2.45) is 0 Å². The summed E-state index contributed by atoms with van der Waals surface area (Å²) in [5.41, 5.74) is 4.24. The summed E-state index contributed by atoms with van der Waals surface area (Å²) in [5, 5.41) is 10.3. The molecule has 0 saturated carbocycles. The van der Waals surface area contributed by atoms with Gasteiger partial charge in [0.25, 0.3) is 0 Å². The number of rotatable bonds is 6. The van der Waals surface area contributed by atoms with Crippen LogP contribution in [0.2, 0.25) is 0 Å². The number of hydrogen-bond donors (Lipinski definition) is 2. The molecule has 1 fully saturated rings. The molecular formula is C19H28N6O. The minimum Gasteiger partial charge on any atom is -0.354 e. The maximum Gasteiger partial charge on any atom is 0.220 e. The van der Waals surface area contributed by atoms with Crippen molar-refractivity contribution >= 4 is 11.7 Å². The standard InChI is InChI=1S/C19H28N6O/c1-14-15(2)22-23-17(14)6-7-18(26)21-13-16-5-4-8-20-19(16)25-11-9-24(3)10-12-25/h4-5,8H,6-7,9-13H2,1-3H3,(H,21,26)(H,22,23). The lowest BCUT2D eigenvalue weighted by Gasteiger charge is -2.34. The number of aryl methyl sites for hydroxylation is 2. The highest BCUT2D eigenvalue weighted by molar-refractivity contribution is 5.76. The van der Waals surface area contributed by atoms with E-state index >= 15 is 0 Å². The molecular weight excluding hydrogens is 328 g/mol. The summed E-state index contributed by atoms with van der Waals surface area (Å²) in [5.74, 6) is 1.03. The molecule has 0 spiro atoms. The summed E-state index contributed by atoms with van der Waals surface area (Å²) in [6.45, 7) is 8.53. The van der Waals surface area contributed by atoms with Crippen molar-refractivity contribution in [2.45, 2.75) is 33.2 Å². The Morgan fingerprint density at radius 2 is 2.04 bits per heavy atom. The number of amides is 1. The van der Waals surface area contributed by atoms with Crippen LogP contribution in [-0.2, 0) is 17.8 Å². The normalized spacial score (nSPS) is 15.3. The van der Waals surface area contributed by atoms with Gasteiger partial charge < -0.3 is 15.1 Å². The van der Waals surface area contributed by atoms with E-state index in [9.17, 15) is 4.79 Å². The molecule has 0 radical (unpaired) electrons. The zero-order valence-corrected chi connectivity index (χ0v) is 15.9. The first-order chi connectivity index (χ1) is 12.5. The van der Waals surface area contributed by atoms with Crippen LogP contribution in [0, 0.1) is 13.8 Å². The number of piperazine rings is 1. The molecule has 1 amide bonds. The zero-order valence-electron chi connectivity index (χ0n) is 15.9. The SMILES string of the molecule is Cc1[nH]nc(CCC(=O)NCc2cccnc2N2CCN(C)CC2)c1C. The minimum atomic E-state index is 0.0400. The maximum atomic E-state index is 12.2. The van der Waals surface area contributed by atoms with Gasteiger partial charge in [-0.15, -0.1) is 0 Å². The Morgan fingerprint density at radius 1 is 1.27 bits per heavy atom. The van der Waals surface area contributed by atoms with E-state index in [-0.39, 0.29) is 5.91 Å². The summed E-state index contributed by atoms with van der Waals surface area (Å²) in [7, 11) is 2.14. The second-order valence-corrected chi connectivity index (χ2v) is 6.97. The van der Waals surface area contributed by atoms with E-state index in [0.717, 1.165) is 54.5 Å². The van der Waals surface area contributed by atoms with Crippen LogP contribution in [0.4, 0.5) is 5.82 Å². The average Bonchev–Trinajstić information content (AvgIpc) is 2.97. The molecule has 3 heterocycles. The van der Waals surface area contributed by atoms with Crippen molar-refractivity contribution in [3.63, 3.8) is 0 Å². The van der Waals surface area contributed by atoms with Crippen LogP contribution in [0.15, 0.2) is 18.3 Å². The third-order valence-corrected chi connectivity index (χ3v) is 5.09. The van der Waals surface area contributed by atoms with Crippen LogP contribution in [0.1, 0.15) is 28.9 Å². The number of H-pyrrole nitrogens is 1. The average molecular weight is 356 g/mol. The minimum absolute atomic E-state index is 0.0400. The maximum absolute atomic E-state index is 12.2. The fraction of sp³-hybridized carbons (Fsp3) is 0.526. The summed E-state index contributed by atoms with van der Waals surface area (Å²) >= 11 is 0. The Hall–Kier alpha value is -2.41. The van der Waals surface area contributed by atoms with Crippen LogP contribution in [0.5, 0.6) is 0 Å². The molecule has 0 atom stereocenters. The van der Waals surface area contributed by atoms with Gasteiger partial charge in [0.15, 0.2) is 0 Å². The topological polar surface area (TPSA) is 77.1 Å². The van der Waals surface area contributed by atoms with Gasteiger partial charge in [0.2, 0.25) is 5.91 Å². The molecule has 2 aromatic rings. The van der Waals surface area contributed by atoms with Crippen molar-refractivity contribution in [2.75, 3.05) is 38.1 Å². The second-order valence-electron chi connectivity index (χ2n) is 6.97. The molecule has 2 N–H and O–H groups in total. The lowest BCUT2D eigenvalue weighted by molar-refractivity contribution is -0.121. The first-order valence-electron chi connectivity index (χ1n) is 9.19. The van der Waals surface area contributed by atoms with E-state index in [1.54, 1.807) is 0 Å². The fourth-order valence-corrected chi connectivity index (χ4v) is 3.16. The number of aromatic amines is 1. The summed E-state index contributed by atoms with van der Waals surface area (Å²) in [4.78, 5) is 21.4. The highest BCUT2D eigenvalue weighted by Crippen LogP contribution is 2.18. The van der Waals surface area contributed by atoms with Gasteiger partial charge in [0.05, 0.1) is 5.69 Å².